The summed E-state index contributed by atoms with van der Waals surface area (Å²) in [5, 5.41) is 9.11. The predicted octanol–water partition coefficient (Wildman–Crippen LogP) is 1.88. The van der Waals surface area contributed by atoms with Gasteiger partial charge in [0.15, 0.2) is 0 Å². The summed E-state index contributed by atoms with van der Waals surface area (Å²) in [5.74, 6) is -0.810. The molecule has 0 bridgehead atoms. The third-order valence-corrected chi connectivity index (χ3v) is 4.14. The van der Waals surface area contributed by atoms with Gasteiger partial charge in [0.05, 0.1) is 11.5 Å². The quantitative estimate of drug-likeness (QED) is 0.836. The summed E-state index contributed by atoms with van der Waals surface area (Å²) in [5.41, 5.74) is 0. The Morgan fingerprint density at radius 3 is 2.43 bits per heavy atom. The molecule has 1 aromatic rings. The lowest BCUT2D eigenvalue weighted by atomic mass is 10.1. The number of halogens is 3. The highest BCUT2D eigenvalue weighted by molar-refractivity contribution is 7.89. The smallest absolute Gasteiger partial charge is 0.406 e. The molecule has 0 aromatic heterocycles. The average Bonchev–Trinajstić information content (AvgIpc) is 2.34. The minimum Gasteiger partial charge on any atom is -0.406 e. The van der Waals surface area contributed by atoms with Gasteiger partial charge >= 0.3 is 6.36 Å². The highest BCUT2D eigenvalue weighted by atomic mass is 32.2. The van der Waals surface area contributed by atoms with Gasteiger partial charge in [-0.3, -0.25) is 0 Å². The first-order valence-corrected chi connectivity index (χ1v) is 7.52. The molecule has 5 nitrogen and oxygen atoms in total. The van der Waals surface area contributed by atoms with Gasteiger partial charge in [0.2, 0.25) is 10.0 Å². The van der Waals surface area contributed by atoms with E-state index in [9.17, 15) is 21.6 Å². The van der Waals surface area contributed by atoms with Gasteiger partial charge in [-0.25, -0.2) is 13.1 Å². The van der Waals surface area contributed by atoms with Gasteiger partial charge in [0.25, 0.3) is 0 Å². The molecule has 0 aliphatic carbocycles. The lowest BCUT2D eigenvalue weighted by molar-refractivity contribution is -0.274. The lowest BCUT2D eigenvalue weighted by Gasteiger charge is -2.20. The molecule has 1 unspecified atom stereocenters. The number of aliphatic hydroxyl groups excluding tert-OH is 1. The normalized spacial score (nSPS) is 14.2. The van der Waals surface area contributed by atoms with Crippen LogP contribution in [0.15, 0.2) is 29.2 Å². The third-order valence-electron chi connectivity index (χ3n) is 2.66. The summed E-state index contributed by atoms with van der Waals surface area (Å²) in [6.45, 7) is 2.98. The van der Waals surface area contributed by atoms with E-state index in [2.05, 4.69) is 9.46 Å². The Morgan fingerprint density at radius 2 is 1.95 bits per heavy atom. The minimum absolute atomic E-state index is 0.181. The largest absolute Gasteiger partial charge is 0.573 e. The molecule has 2 N–H and O–H groups in total. The third kappa shape index (κ3) is 5.52. The molecule has 120 valence electrons. The molecule has 0 fully saturated rings. The molecule has 0 heterocycles. The monoisotopic (exact) mass is 327 g/mol. The number of hydrogen-bond donors (Lipinski definition) is 2. The van der Waals surface area contributed by atoms with E-state index in [1.165, 1.54) is 0 Å². The maximum atomic E-state index is 12.1. The van der Waals surface area contributed by atoms with E-state index < -0.39 is 34.8 Å². The molecule has 1 atom stereocenters. The van der Waals surface area contributed by atoms with Gasteiger partial charge < -0.3 is 9.84 Å². The standard InChI is InChI=1S/C12H16F3NO4S/c1-8(2)11(7-17)16-21(18,19)10-5-3-4-9(6-10)20-12(13,14)15/h3-6,8,11,16-17H,7H2,1-2H3. The molecule has 1 aromatic carbocycles. The molecule has 0 aliphatic heterocycles. The summed E-state index contributed by atoms with van der Waals surface area (Å²) in [4.78, 5) is -0.372. The fourth-order valence-electron chi connectivity index (χ4n) is 1.49. The van der Waals surface area contributed by atoms with Gasteiger partial charge in [-0.15, -0.1) is 13.2 Å². The highest BCUT2D eigenvalue weighted by Crippen LogP contribution is 2.25. The van der Waals surface area contributed by atoms with E-state index in [1.54, 1.807) is 13.8 Å². The molecule has 1 rings (SSSR count). The Kier molecular flexibility index (Phi) is 5.60. The summed E-state index contributed by atoms with van der Waals surface area (Å²) in [6.07, 6.45) is -4.90. The van der Waals surface area contributed by atoms with Crippen molar-refractivity contribution in [1.29, 1.82) is 0 Å². The SMILES string of the molecule is CC(C)C(CO)NS(=O)(=O)c1cccc(OC(F)(F)F)c1. The highest BCUT2D eigenvalue weighted by Gasteiger charge is 2.31. The van der Waals surface area contributed by atoms with Gasteiger partial charge in [-0.05, 0) is 18.1 Å². The van der Waals surface area contributed by atoms with Gasteiger partial charge in [-0.1, -0.05) is 19.9 Å². The van der Waals surface area contributed by atoms with Crippen molar-refractivity contribution in [2.75, 3.05) is 6.61 Å². The van der Waals surface area contributed by atoms with Crippen molar-refractivity contribution >= 4 is 10.0 Å². The van der Waals surface area contributed by atoms with Crippen LogP contribution in [-0.4, -0.2) is 32.5 Å². The van der Waals surface area contributed by atoms with E-state index in [-0.39, 0.29) is 10.8 Å². The van der Waals surface area contributed by atoms with Crippen LogP contribution in [0.4, 0.5) is 13.2 Å². The average molecular weight is 327 g/mol. The van der Waals surface area contributed by atoms with E-state index in [4.69, 9.17) is 5.11 Å². The molecule has 9 heteroatoms. The van der Waals surface area contributed by atoms with Crippen LogP contribution < -0.4 is 9.46 Å². The van der Waals surface area contributed by atoms with Crippen LogP contribution in [0, 0.1) is 5.92 Å². The maximum absolute atomic E-state index is 12.1. The van der Waals surface area contributed by atoms with Crippen LogP contribution in [0.3, 0.4) is 0 Å². The van der Waals surface area contributed by atoms with Crippen LogP contribution in [0.1, 0.15) is 13.8 Å². The van der Waals surface area contributed by atoms with E-state index in [0.717, 1.165) is 24.3 Å². The van der Waals surface area contributed by atoms with Crippen LogP contribution in [0.25, 0.3) is 0 Å². The first kappa shape index (κ1) is 17.7. The Labute approximate surface area is 120 Å². The topological polar surface area (TPSA) is 75.6 Å². The molecule has 0 aliphatic rings. The van der Waals surface area contributed by atoms with Crippen LogP contribution >= 0.6 is 0 Å². The molecule has 0 saturated carbocycles. The fourth-order valence-corrected chi connectivity index (χ4v) is 2.90. The zero-order chi connectivity index (χ0) is 16.3. The van der Waals surface area contributed by atoms with Crippen LogP contribution in [0.2, 0.25) is 0 Å². The predicted molar refractivity (Wildman–Crippen MR) is 69.2 cm³/mol. The number of alkyl halides is 3. The summed E-state index contributed by atoms with van der Waals surface area (Å²) >= 11 is 0. The van der Waals surface area contributed by atoms with Crippen molar-refractivity contribution in [1.82, 2.24) is 4.72 Å². The molecule has 0 amide bonds. The molecule has 0 saturated heterocycles. The molecule has 21 heavy (non-hydrogen) atoms. The van der Waals surface area contributed by atoms with Crippen molar-refractivity contribution < 1.29 is 31.4 Å². The van der Waals surface area contributed by atoms with Gasteiger partial charge in [0, 0.05) is 12.1 Å². The Hall–Kier alpha value is -1.32. The molecular formula is C12H16F3NO4S. The number of aliphatic hydroxyl groups is 1. The van der Waals surface area contributed by atoms with Crippen LogP contribution in [-0.2, 0) is 10.0 Å². The second-order valence-corrected chi connectivity index (χ2v) is 6.39. The second kappa shape index (κ2) is 6.63. The lowest BCUT2D eigenvalue weighted by Crippen LogP contribution is -2.41. The summed E-state index contributed by atoms with van der Waals surface area (Å²) in [7, 11) is -4.05. The maximum Gasteiger partial charge on any atom is 0.573 e. The van der Waals surface area contributed by atoms with Crippen molar-refractivity contribution in [2.45, 2.75) is 31.1 Å². The first-order chi connectivity index (χ1) is 9.55. The molecule has 0 spiro atoms. The number of ether oxygens (including phenoxy) is 1. The molecular weight excluding hydrogens is 311 g/mol. The summed E-state index contributed by atoms with van der Waals surface area (Å²) in [6, 6.07) is 3.31. The number of rotatable bonds is 6. The number of hydrogen-bond acceptors (Lipinski definition) is 4. The minimum atomic E-state index is -4.90. The fraction of sp³-hybridized carbons (Fsp3) is 0.500. The molecule has 0 radical (unpaired) electrons. The van der Waals surface area contributed by atoms with E-state index in [1.807, 2.05) is 0 Å². The van der Waals surface area contributed by atoms with E-state index in [0.29, 0.717) is 0 Å². The number of nitrogens with one attached hydrogen (secondary N) is 1. The Morgan fingerprint density at radius 1 is 1.33 bits per heavy atom. The Balaban J connectivity index is 3.01. The zero-order valence-corrected chi connectivity index (χ0v) is 12.2. The zero-order valence-electron chi connectivity index (χ0n) is 11.4. The van der Waals surface area contributed by atoms with E-state index >= 15 is 0 Å². The second-order valence-electron chi connectivity index (χ2n) is 4.68. The van der Waals surface area contributed by atoms with Crippen LogP contribution in [0.5, 0.6) is 5.75 Å². The van der Waals surface area contributed by atoms with Crippen molar-refractivity contribution in [3.8, 4) is 5.75 Å². The van der Waals surface area contributed by atoms with Crippen molar-refractivity contribution in [3.05, 3.63) is 24.3 Å². The summed E-state index contributed by atoms with van der Waals surface area (Å²) < 4.78 is 66.4. The Bertz CT molecular complexity index is 572. The first-order valence-electron chi connectivity index (χ1n) is 6.04. The number of benzene rings is 1. The number of sulfonamides is 1. The van der Waals surface area contributed by atoms with Gasteiger partial charge in [0.1, 0.15) is 5.75 Å². The van der Waals surface area contributed by atoms with Crippen molar-refractivity contribution in [2.24, 2.45) is 5.92 Å². The van der Waals surface area contributed by atoms with Crippen molar-refractivity contribution in [3.63, 3.8) is 0 Å². The van der Waals surface area contributed by atoms with Gasteiger partial charge in [-0.2, -0.15) is 0 Å².